The van der Waals surface area contributed by atoms with E-state index in [-0.39, 0.29) is 0 Å². The summed E-state index contributed by atoms with van der Waals surface area (Å²) in [7, 11) is 0. The Bertz CT molecular complexity index is 411. The van der Waals surface area contributed by atoms with Gasteiger partial charge < -0.3 is 0 Å². The van der Waals surface area contributed by atoms with Crippen LogP contribution in [0.1, 0.15) is 38.5 Å². The fourth-order valence-electron chi connectivity index (χ4n) is 5.26. The molecule has 17 heavy (non-hydrogen) atoms. The number of hydrogen-bond acceptors (Lipinski definition) is 1. The van der Waals surface area contributed by atoms with Gasteiger partial charge in [-0.2, -0.15) is 5.10 Å². The highest BCUT2D eigenvalue weighted by Crippen LogP contribution is 2.64. The van der Waals surface area contributed by atoms with Gasteiger partial charge in [0.15, 0.2) is 0 Å². The molecule has 4 bridgehead atoms. The highest BCUT2D eigenvalue weighted by atomic mass is 79.9. The van der Waals surface area contributed by atoms with E-state index in [1.54, 1.807) is 0 Å². The largest absolute Gasteiger partial charge is 0.272 e. The quantitative estimate of drug-likeness (QED) is 0.762. The molecule has 4 fully saturated rings. The standard InChI is InChI=1S/C14H19BrN2/c15-14-7-11-4-12(8-14)6-13(5-11,9-14)10-17-3-1-2-16-17/h1-3,11-12H,4-10H2. The van der Waals surface area contributed by atoms with Gasteiger partial charge in [0.2, 0.25) is 0 Å². The molecule has 2 nitrogen and oxygen atoms in total. The average Bonchev–Trinajstić information content (AvgIpc) is 2.64. The number of rotatable bonds is 2. The Balaban J connectivity index is 1.65. The Hall–Kier alpha value is -0.310. The molecule has 4 saturated carbocycles. The number of nitrogens with zero attached hydrogens (tertiary/aromatic N) is 2. The predicted molar refractivity (Wildman–Crippen MR) is 71.0 cm³/mol. The van der Waals surface area contributed by atoms with E-state index < -0.39 is 0 Å². The molecule has 1 heterocycles. The molecule has 2 unspecified atom stereocenters. The van der Waals surface area contributed by atoms with Gasteiger partial charge in [-0.15, -0.1) is 0 Å². The summed E-state index contributed by atoms with van der Waals surface area (Å²) in [6.45, 7) is 1.14. The summed E-state index contributed by atoms with van der Waals surface area (Å²) in [5.41, 5.74) is 0.541. The molecule has 1 aromatic rings. The summed E-state index contributed by atoms with van der Waals surface area (Å²) in [5.74, 6) is 1.96. The van der Waals surface area contributed by atoms with Crippen molar-refractivity contribution in [2.75, 3.05) is 0 Å². The molecule has 0 amide bonds. The van der Waals surface area contributed by atoms with Crippen LogP contribution in [0.3, 0.4) is 0 Å². The lowest BCUT2D eigenvalue weighted by molar-refractivity contribution is -0.0468. The van der Waals surface area contributed by atoms with Crippen LogP contribution in [-0.4, -0.2) is 14.1 Å². The molecule has 0 spiro atoms. The molecule has 0 saturated heterocycles. The van der Waals surface area contributed by atoms with Crippen molar-refractivity contribution in [3.8, 4) is 0 Å². The Labute approximate surface area is 111 Å². The summed E-state index contributed by atoms with van der Waals surface area (Å²) in [6, 6.07) is 2.05. The first-order valence-corrected chi connectivity index (χ1v) is 7.61. The van der Waals surface area contributed by atoms with Crippen LogP contribution in [0.25, 0.3) is 0 Å². The summed E-state index contributed by atoms with van der Waals surface area (Å²) < 4.78 is 2.63. The highest BCUT2D eigenvalue weighted by Gasteiger charge is 2.56. The zero-order valence-corrected chi connectivity index (χ0v) is 11.7. The first-order chi connectivity index (χ1) is 8.15. The third-order valence-corrected chi connectivity index (χ3v) is 6.10. The second-order valence-corrected chi connectivity index (χ2v) is 8.50. The summed E-state index contributed by atoms with van der Waals surface area (Å²) in [4.78, 5) is 0. The van der Waals surface area contributed by atoms with Crippen LogP contribution >= 0.6 is 15.9 Å². The van der Waals surface area contributed by atoms with Crippen molar-refractivity contribution < 1.29 is 0 Å². The molecule has 3 heteroatoms. The van der Waals surface area contributed by atoms with Crippen molar-refractivity contribution in [3.05, 3.63) is 18.5 Å². The Morgan fingerprint density at radius 2 is 2.00 bits per heavy atom. The molecule has 92 valence electrons. The summed E-state index contributed by atoms with van der Waals surface area (Å²) >= 11 is 4.07. The second kappa shape index (κ2) is 3.37. The first-order valence-electron chi connectivity index (χ1n) is 6.81. The predicted octanol–water partition coefficient (Wildman–Crippen LogP) is 3.62. The molecule has 0 aliphatic heterocycles. The third kappa shape index (κ3) is 1.69. The minimum atomic E-state index is 0.476. The molecule has 1 aromatic heterocycles. The lowest BCUT2D eigenvalue weighted by Gasteiger charge is -2.60. The average molecular weight is 295 g/mol. The van der Waals surface area contributed by atoms with Crippen LogP contribution in [0.5, 0.6) is 0 Å². The van der Waals surface area contributed by atoms with Gasteiger partial charge in [0, 0.05) is 23.3 Å². The van der Waals surface area contributed by atoms with E-state index >= 15 is 0 Å². The van der Waals surface area contributed by atoms with E-state index in [0.29, 0.717) is 9.74 Å². The van der Waals surface area contributed by atoms with E-state index in [2.05, 4.69) is 31.9 Å². The van der Waals surface area contributed by atoms with Crippen molar-refractivity contribution in [3.63, 3.8) is 0 Å². The number of halogens is 1. The van der Waals surface area contributed by atoms with Gasteiger partial charge in [-0.3, -0.25) is 4.68 Å². The minimum absolute atomic E-state index is 0.476. The molecule has 4 aliphatic rings. The zero-order chi connectivity index (χ0) is 11.5. The maximum atomic E-state index is 4.42. The van der Waals surface area contributed by atoms with Crippen LogP contribution in [0.15, 0.2) is 18.5 Å². The molecule has 5 rings (SSSR count). The van der Waals surface area contributed by atoms with Crippen molar-refractivity contribution in [1.29, 1.82) is 0 Å². The summed E-state index contributed by atoms with van der Waals surface area (Å²) in [6.07, 6.45) is 12.6. The lowest BCUT2D eigenvalue weighted by Crippen LogP contribution is -2.54. The number of aromatic nitrogens is 2. The SMILES string of the molecule is BrC12CC3CC(C1)CC(Cn1cccn1)(C3)C2. The smallest absolute Gasteiger partial charge is 0.0489 e. The van der Waals surface area contributed by atoms with Crippen molar-refractivity contribution >= 4 is 15.9 Å². The molecule has 0 radical (unpaired) electrons. The topological polar surface area (TPSA) is 17.8 Å². The molecule has 0 aromatic carbocycles. The van der Waals surface area contributed by atoms with E-state index in [9.17, 15) is 0 Å². The van der Waals surface area contributed by atoms with E-state index in [0.717, 1.165) is 18.4 Å². The van der Waals surface area contributed by atoms with Crippen molar-refractivity contribution in [2.24, 2.45) is 17.3 Å². The van der Waals surface area contributed by atoms with Gasteiger partial charge in [-0.05, 0) is 61.8 Å². The molecular formula is C14H19BrN2. The first kappa shape index (κ1) is 10.6. The van der Waals surface area contributed by atoms with Crippen molar-refractivity contribution in [1.82, 2.24) is 9.78 Å². The molecule has 0 N–H and O–H groups in total. The van der Waals surface area contributed by atoms with Crippen LogP contribution < -0.4 is 0 Å². The normalized spacial score (nSPS) is 47.6. The van der Waals surface area contributed by atoms with Gasteiger partial charge in [0.1, 0.15) is 0 Å². The van der Waals surface area contributed by atoms with Crippen molar-refractivity contribution in [2.45, 2.75) is 49.4 Å². The minimum Gasteiger partial charge on any atom is -0.272 e. The molecular weight excluding hydrogens is 276 g/mol. The highest BCUT2D eigenvalue weighted by molar-refractivity contribution is 9.10. The summed E-state index contributed by atoms with van der Waals surface area (Å²) in [5, 5.41) is 4.42. The van der Waals surface area contributed by atoms with Crippen LogP contribution in [0.4, 0.5) is 0 Å². The third-order valence-electron chi connectivity index (χ3n) is 5.17. The maximum Gasteiger partial charge on any atom is 0.0489 e. The van der Waals surface area contributed by atoms with Crippen LogP contribution in [0, 0.1) is 17.3 Å². The molecule has 4 aliphatic carbocycles. The van der Waals surface area contributed by atoms with Gasteiger partial charge >= 0.3 is 0 Å². The Morgan fingerprint density at radius 3 is 2.59 bits per heavy atom. The lowest BCUT2D eigenvalue weighted by atomic mass is 9.49. The van der Waals surface area contributed by atoms with Gasteiger partial charge in [0.05, 0.1) is 0 Å². The fraction of sp³-hybridized carbons (Fsp3) is 0.786. The van der Waals surface area contributed by atoms with Gasteiger partial charge in [-0.1, -0.05) is 15.9 Å². The van der Waals surface area contributed by atoms with Crippen LogP contribution in [0.2, 0.25) is 0 Å². The number of hydrogen-bond donors (Lipinski definition) is 0. The maximum absolute atomic E-state index is 4.42. The monoisotopic (exact) mass is 294 g/mol. The molecule has 2 atom stereocenters. The zero-order valence-electron chi connectivity index (χ0n) is 10.1. The Morgan fingerprint density at radius 1 is 1.24 bits per heavy atom. The van der Waals surface area contributed by atoms with E-state index in [1.807, 2.05) is 12.3 Å². The number of alkyl halides is 1. The van der Waals surface area contributed by atoms with Crippen LogP contribution in [-0.2, 0) is 6.54 Å². The van der Waals surface area contributed by atoms with Gasteiger partial charge in [0.25, 0.3) is 0 Å². The Kier molecular flexibility index (Phi) is 2.10. The van der Waals surface area contributed by atoms with E-state index in [4.69, 9.17) is 0 Å². The fourth-order valence-corrected chi connectivity index (χ4v) is 6.77. The second-order valence-electron chi connectivity index (χ2n) is 6.82. The van der Waals surface area contributed by atoms with Gasteiger partial charge in [-0.25, -0.2) is 0 Å². The van der Waals surface area contributed by atoms with E-state index in [1.165, 1.54) is 38.5 Å².